The average Bonchev–Trinajstić information content (AvgIpc) is 2.14. The molecule has 0 saturated heterocycles. The van der Waals surface area contributed by atoms with Crippen LogP contribution in [0.4, 0.5) is 10.6 Å². The van der Waals surface area contributed by atoms with Gasteiger partial charge in [0.25, 0.3) is 0 Å². The van der Waals surface area contributed by atoms with E-state index in [4.69, 9.17) is 9.47 Å². The number of hydrogen-bond donors (Lipinski definition) is 1. The molecule has 0 aromatic carbocycles. The molecule has 0 radical (unpaired) electrons. The third kappa shape index (κ3) is 4.22. The zero-order chi connectivity index (χ0) is 13.1. The molecule has 0 unspecified atom stereocenters. The molecule has 0 aliphatic rings. The van der Waals surface area contributed by atoms with E-state index in [0.29, 0.717) is 16.0 Å². The van der Waals surface area contributed by atoms with Gasteiger partial charge in [0.05, 0.1) is 11.6 Å². The van der Waals surface area contributed by atoms with Crippen molar-refractivity contribution in [2.75, 3.05) is 12.4 Å². The van der Waals surface area contributed by atoms with E-state index in [0.717, 1.165) is 0 Å². The Morgan fingerprint density at radius 1 is 1.47 bits per heavy atom. The van der Waals surface area contributed by atoms with E-state index >= 15 is 0 Å². The Bertz CT molecular complexity index is 416. The molecule has 1 aromatic rings. The lowest BCUT2D eigenvalue weighted by atomic mass is 10.2. The van der Waals surface area contributed by atoms with Crippen LogP contribution in [0.25, 0.3) is 0 Å². The largest absolute Gasteiger partial charge is 0.492 e. The maximum absolute atomic E-state index is 11.6. The lowest BCUT2D eigenvalue weighted by Gasteiger charge is -2.20. The fraction of sp³-hybridized carbons (Fsp3) is 0.455. The number of carbonyl (C=O) groups is 1. The molecule has 1 rings (SSSR count). The minimum absolute atomic E-state index is 0.316. The first-order valence-electron chi connectivity index (χ1n) is 5.02. The summed E-state index contributed by atoms with van der Waals surface area (Å²) in [5.74, 6) is 0.773. The Morgan fingerprint density at radius 3 is 2.65 bits per heavy atom. The van der Waals surface area contributed by atoms with Crippen LogP contribution in [-0.2, 0) is 4.74 Å². The summed E-state index contributed by atoms with van der Waals surface area (Å²) in [6.07, 6.45) is 0.987. The van der Waals surface area contributed by atoms with Crippen LogP contribution in [0.3, 0.4) is 0 Å². The molecule has 0 saturated carbocycles. The van der Waals surface area contributed by atoms with Crippen molar-refractivity contribution in [3.63, 3.8) is 0 Å². The van der Waals surface area contributed by atoms with Gasteiger partial charge >= 0.3 is 6.09 Å². The van der Waals surface area contributed by atoms with Crippen molar-refractivity contribution >= 4 is 27.8 Å². The summed E-state index contributed by atoms with van der Waals surface area (Å²) in [4.78, 5) is 15.6. The number of nitrogens with zero attached hydrogens (tertiary/aromatic N) is 1. The quantitative estimate of drug-likeness (QED) is 0.911. The summed E-state index contributed by atoms with van der Waals surface area (Å²) in [6.45, 7) is 5.37. The van der Waals surface area contributed by atoms with Gasteiger partial charge in [0, 0.05) is 6.20 Å². The molecule has 0 aliphatic heterocycles. The van der Waals surface area contributed by atoms with Crippen LogP contribution in [0.5, 0.6) is 5.75 Å². The monoisotopic (exact) mass is 302 g/mol. The number of nitrogens with one attached hydrogen (secondary N) is 1. The van der Waals surface area contributed by atoms with Crippen LogP contribution < -0.4 is 10.1 Å². The van der Waals surface area contributed by atoms with Gasteiger partial charge in [-0.2, -0.15) is 0 Å². The molecule has 6 heteroatoms. The van der Waals surface area contributed by atoms with Crippen molar-refractivity contribution in [1.82, 2.24) is 4.98 Å². The number of aromatic nitrogens is 1. The summed E-state index contributed by atoms with van der Waals surface area (Å²) < 4.78 is 11.0. The Balaban J connectivity index is 2.82. The van der Waals surface area contributed by atoms with Crippen LogP contribution in [0.15, 0.2) is 16.7 Å². The molecule has 0 bridgehead atoms. The van der Waals surface area contributed by atoms with Gasteiger partial charge < -0.3 is 9.47 Å². The van der Waals surface area contributed by atoms with Gasteiger partial charge in [-0.05, 0) is 42.8 Å². The van der Waals surface area contributed by atoms with Crippen molar-refractivity contribution in [3.05, 3.63) is 16.7 Å². The number of halogens is 1. The molecule has 0 atom stereocenters. The topological polar surface area (TPSA) is 60.5 Å². The van der Waals surface area contributed by atoms with Gasteiger partial charge in [0.15, 0.2) is 11.6 Å². The van der Waals surface area contributed by atoms with E-state index in [2.05, 4.69) is 26.2 Å². The van der Waals surface area contributed by atoms with E-state index in [-0.39, 0.29) is 0 Å². The molecule has 1 heterocycles. The third-order valence-corrected chi connectivity index (χ3v) is 2.30. The van der Waals surface area contributed by atoms with E-state index in [1.54, 1.807) is 33.0 Å². The smallest absolute Gasteiger partial charge is 0.413 e. The molecule has 1 amide bonds. The summed E-state index contributed by atoms with van der Waals surface area (Å²) in [7, 11) is 1.50. The highest BCUT2D eigenvalue weighted by Gasteiger charge is 2.18. The van der Waals surface area contributed by atoms with Crippen molar-refractivity contribution in [3.8, 4) is 5.75 Å². The summed E-state index contributed by atoms with van der Waals surface area (Å²) in [5, 5.41) is 2.53. The maximum atomic E-state index is 11.6. The number of methoxy groups -OCH3 is 1. The molecule has 5 nitrogen and oxygen atoms in total. The minimum Gasteiger partial charge on any atom is -0.492 e. The number of amides is 1. The third-order valence-electron chi connectivity index (χ3n) is 1.68. The maximum Gasteiger partial charge on any atom is 0.413 e. The van der Waals surface area contributed by atoms with Gasteiger partial charge in [0.2, 0.25) is 0 Å². The van der Waals surface area contributed by atoms with Crippen LogP contribution >= 0.6 is 15.9 Å². The molecular weight excluding hydrogens is 288 g/mol. The summed E-state index contributed by atoms with van der Waals surface area (Å²) in [5.41, 5.74) is -0.552. The summed E-state index contributed by atoms with van der Waals surface area (Å²) in [6, 6.07) is 1.72. The first kappa shape index (κ1) is 13.8. The highest BCUT2D eigenvalue weighted by molar-refractivity contribution is 9.10. The average molecular weight is 303 g/mol. The second kappa shape index (κ2) is 5.35. The van der Waals surface area contributed by atoms with Crippen molar-refractivity contribution in [2.45, 2.75) is 26.4 Å². The zero-order valence-corrected chi connectivity index (χ0v) is 11.8. The lowest BCUT2D eigenvalue weighted by molar-refractivity contribution is 0.0634. The Morgan fingerprint density at radius 2 is 2.12 bits per heavy atom. The molecule has 1 N–H and O–H groups in total. The minimum atomic E-state index is -0.568. The number of hydrogen-bond acceptors (Lipinski definition) is 4. The Labute approximate surface area is 109 Å². The van der Waals surface area contributed by atoms with Crippen molar-refractivity contribution < 1.29 is 14.3 Å². The lowest BCUT2D eigenvalue weighted by Crippen LogP contribution is -2.27. The normalized spacial score (nSPS) is 10.9. The second-order valence-corrected chi connectivity index (χ2v) is 5.16. The molecule has 1 aromatic heterocycles. The predicted molar refractivity (Wildman–Crippen MR) is 68.3 cm³/mol. The zero-order valence-electron chi connectivity index (χ0n) is 10.2. The molecule has 17 heavy (non-hydrogen) atoms. The molecule has 0 fully saturated rings. The highest BCUT2D eigenvalue weighted by atomic mass is 79.9. The number of pyridine rings is 1. The van der Waals surface area contributed by atoms with Crippen molar-refractivity contribution in [2.24, 2.45) is 0 Å². The van der Waals surface area contributed by atoms with E-state index in [1.165, 1.54) is 7.11 Å². The number of ether oxygens (including phenoxy) is 2. The highest BCUT2D eigenvalue weighted by Crippen LogP contribution is 2.30. The van der Waals surface area contributed by atoms with Crippen LogP contribution in [0.2, 0.25) is 0 Å². The Hall–Kier alpha value is -1.30. The van der Waals surface area contributed by atoms with Crippen LogP contribution in [0, 0.1) is 0 Å². The molecule has 0 spiro atoms. The van der Waals surface area contributed by atoms with Gasteiger partial charge in [0.1, 0.15) is 5.60 Å². The first-order valence-corrected chi connectivity index (χ1v) is 5.81. The fourth-order valence-electron chi connectivity index (χ4n) is 1.11. The number of carbonyl (C=O) groups excluding carboxylic acids is 1. The molecular formula is C11H15BrN2O3. The van der Waals surface area contributed by atoms with Gasteiger partial charge in [-0.15, -0.1) is 0 Å². The van der Waals surface area contributed by atoms with Gasteiger partial charge in [-0.3, -0.25) is 5.32 Å². The second-order valence-electron chi connectivity index (χ2n) is 4.30. The first-order chi connectivity index (χ1) is 7.83. The number of anilines is 1. The molecule has 0 aliphatic carbocycles. The fourth-order valence-corrected chi connectivity index (χ4v) is 1.58. The standard InChI is InChI=1S/C11H15BrN2O3/c1-11(2,3)17-10(15)14-9-8(16-4)7(12)5-6-13-9/h5-6H,1-4H3,(H,13,14,15). The van der Waals surface area contributed by atoms with Gasteiger partial charge in [-0.1, -0.05) is 0 Å². The van der Waals surface area contributed by atoms with Crippen LogP contribution in [-0.4, -0.2) is 23.8 Å². The summed E-state index contributed by atoms with van der Waals surface area (Å²) >= 11 is 3.30. The molecule has 94 valence electrons. The SMILES string of the molecule is COc1c(Br)ccnc1NC(=O)OC(C)(C)C. The Kier molecular flexibility index (Phi) is 4.34. The van der Waals surface area contributed by atoms with E-state index in [9.17, 15) is 4.79 Å². The van der Waals surface area contributed by atoms with Crippen LogP contribution in [0.1, 0.15) is 20.8 Å². The van der Waals surface area contributed by atoms with Crippen molar-refractivity contribution in [1.29, 1.82) is 0 Å². The van der Waals surface area contributed by atoms with E-state index < -0.39 is 11.7 Å². The van der Waals surface area contributed by atoms with Gasteiger partial charge in [-0.25, -0.2) is 9.78 Å². The predicted octanol–water partition coefficient (Wildman–Crippen LogP) is 3.20. The number of rotatable bonds is 2. The van der Waals surface area contributed by atoms with E-state index in [1.807, 2.05) is 0 Å².